The number of hydrogen-bond donors (Lipinski definition) is 2. The van der Waals surface area contributed by atoms with Crippen molar-refractivity contribution in [2.45, 2.75) is 12.1 Å². The number of H-pyrrole nitrogens is 1. The number of ether oxygens (including phenoxy) is 2. The molecule has 0 aliphatic carbocycles. The van der Waals surface area contributed by atoms with E-state index in [-0.39, 0.29) is 11.7 Å². The number of amides is 1. The third kappa shape index (κ3) is 5.05. The van der Waals surface area contributed by atoms with E-state index in [4.69, 9.17) is 9.47 Å². The zero-order valence-electron chi connectivity index (χ0n) is 15.4. The summed E-state index contributed by atoms with van der Waals surface area (Å²) in [4.78, 5) is 19.6. The van der Waals surface area contributed by atoms with Crippen molar-refractivity contribution >= 4 is 50.8 Å². The number of fused-ring (bicyclic) bond motifs is 1. The van der Waals surface area contributed by atoms with Crippen molar-refractivity contribution in [3.05, 3.63) is 46.4 Å². The molecule has 9 heteroatoms. The topological polar surface area (TPSA) is 88.6 Å². The van der Waals surface area contributed by atoms with E-state index in [1.54, 1.807) is 19.4 Å². The van der Waals surface area contributed by atoms with E-state index in [0.29, 0.717) is 23.3 Å². The first-order valence-corrected chi connectivity index (χ1v) is 10.3. The highest BCUT2D eigenvalue weighted by Crippen LogP contribution is 2.36. The lowest BCUT2D eigenvalue weighted by Gasteiger charge is -2.11. The van der Waals surface area contributed by atoms with E-state index in [9.17, 15) is 4.79 Å². The predicted octanol–water partition coefficient (Wildman–Crippen LogP) is 3.98. The summed E-state index contributed by atoms with van der Waals surface area (Å²) < 4.78 is 11.6. The van der Waals surface area contributed by atoms with Crippen molar-refractivity contribution in [2.24, 2.45) is 5.10 Å². The van der Waals surface area contributed by atoms with Crippen LogP contribution in [0.2, 0.25) is 0 Å². The molecule has 28 heavy (non-hydrogen) atoms. The molecule has 7 nitrogen and oxygen atoms in total. The number of nitrogens with zero attached hydrogens (tertiary/aromatic N) is 2. The van der Waals surface area contributed by atoms with Gasteiger partial charge in [-0.25, -0.2) is 10.4 Å². The fraction of sp³-hybridized carbons (Fsp3) is 0.211. The predicted molar refractivity (Wildman–Crippen MR) is 114 cm³/mol. The maximum atomic E-state index is 12.0. The minimum atomic E-state index is -0.223. The Hall–Kier alpha value is -2.52. The summed E-state index contributed by atoms with van der Waals surface area (Å²) in [6.07, 6.45) is 1.55. The molecule has 0 atom stereocenters. The zero-order valence-corrected chi connectivity index (χ0v) is 17.8. The quantitative estimate of drug-likeness (QED) is 0.300. The van der Waals surface area contributed by atoms with Gasteiger partial charge in [0.25, 0.3) is 5.91 Å². The van der Waals surface area contributed by atoms with Crippen LogP contribution in [0, 0.1) is 0 Å². The molecule has 0 unspecified atom stereocenters. The minimum Gasteiger partial charge on any atom is -0.492 e. The van der Waals surface area contributed by atoms with Gasteiger partial charge >= 0.3 is 0 Å². The molecular weight excluding hydrogens is 444 g/mol. The summed E-state index contributed by atoms with van der Waals surface area (Å²) in [5.74, 6) is 1.20. The number of thioether (sulfide) groups is 1. The molecule has 1 heterocycles. The molecule has 0 saturated carbocycles. The molecule has 0 radical (unpaired) electrons. The van der Waals surface area contributed by atoms with Gasteiger partial charge in [0.05, 0.1) is 41.2 Å². The number of carbonyl (C=O) groups is 1. The van der Waals surface area contributed by atoms with Crippen LogP contribution in [-0.4, -0.2) is 41.6 Å². The van der Waals surface area contributed by atoms with Crippen LogP contribution in [0.15, 0.2) is 51.1 Å². The summed E-state index contributed by atoms with van der Waals surface area (Å²) in [5.41, 5.74) is 5.10. The molecule has 3 aromatic rings. The fourth-order valence-corrected chi connectivity index (χ4v) is 3.77. The molecule has 0 bridgehead atoms. The second kappa shape index (κ2) is 9.61. The summed E-state index contributed by atoms with van der Waals surface area (Å²) in [5, 5.41) is 4.70. The van der Waals surface area contributed by atoms with E-state index in [2.05, 4.69) is 36.4 Å². The van der Waals surface area contributed by atoms with Crippen LogP contribution >= 0.6 is 27.7 Å². The Morgan fingerprint density at radius 1 is 1.39 bits per heavy atom. The van der Waals surface area contributed by atoms with Crippen LogP contribution < -0.4 is 14.9 Å². The molecule has 2 aromatic carbocycles. The molecule has 0 saturated heterocycles. The number of rotatable bonds is 8. The lowest BCUT2D eigenvalue weighted by molar-refractivity contribution is -0.118. The standard InChI is InChI=1S/C19H19BrN4O3S/c1-3-27-16-9-12(8-13(20)18(16)26-2)10-21-24-17(25)11-28-19-22-14-6-4-5-7-15(14)23-19/h4-10H,3,11H2,1-2H3,(H,22,23)(H,24,25)/b21-10-. The Kier molecular flexibility index (Phi) is 6.94. The summed E-state index contributed by atoms with van der Waals surface area (Å²) in [7, 11) is 1.58. The van der Waals surface area contributed by atoms with Crippen molar-refractivity contribution in [3.63, 3.8) is 0 Å². The third-order valence-corrected chi connectivity index (χ3v) is 5.11. The highest BCUT2D eigenvalue weighted by Gasteiger charge is 2.10. The molecule has 0 fully saturated rings. The van der Waals surface area contributed by atoms with Gasteiger partial charge in [0.15, 0.2) is 16.7 Å². The fourth-order valence-electron chi connectivity index (χ4n) is 2.47. The van der Waals surface area contributed by atoms with Gasteiger partial charge in [-0.05, 0) is 52.7 Å². The number of hydrazone groups is 1. The van der Waals surface area contributed by atoms with E-state index in [1.807, 2.05) is 37.3 Å². The van der Waals surface area contributed by atoms with E-state index >= 15 is 0 Å². The normalized spacial score (nSPS) is 11.1. The number of aromatic nitrogens is 2. The van der Waals surface area contributed by atoms with Crippen LogP contribution in [0.5, 0.6) is 11.5 Å². The van der Waals surface area contributed by atoms with Crippen molar-refractivity contribution in [1.29, 1.82) is 0 Å². The van der Waals surface area contributed by atoms with Crippen molar-refractivity contribution in [3.8, 4) is 11.5 Å². The Labute approximate surface area is 175 Å². The Morgan fingerprint density at radius 2 is 2.21 bits per heavy atom. The molecule has 0 spiro atoms. The average Bonchev–Trinajstić information content (AvgIpc) is 3.09. The zero-order chi connectivity index (χ0) is 19.9. The van der Waals surface area contributed by atoms with Gasteiger partial charge in [-0.3, -0.25) is 4.79 Å². The second-order valence-corrected chi connectivity index (χ2v) is 7.43. The molecule has 3 rings (SSSR count). The van der Waals surface area contributed by atoms with Gasteiger partial charge < -0.3 is 14.5 Å². The van der Waals surface area contributed by atoms with E-state index in [1.165, 1.54) is 11.8 Å². The van der Waals surface area contributed by atoms with Gasteiger partial charge in [0.2, 0.25) is 0 Å². The first-order chi connectivity index (χ1) is 13.6. The molecule has 146 valence electrons. The monoisotopic (exact) mass is 462 g/mol. The minimum absolute atomic E-state index is 0.202. The number of halogens is 1. The van der Waals surface area contributed by atoms with Crippen molar-refractivity contribution in [2.75, 3.05) is 19.5 Å². The van der Waals surface area contributed by atoms with Crippen molar-refractivity contribution in [1.82, 2.24) is 15.4 Å². The maximum absolute atomic E-state index is 12.0. The number of nitrogens with one attached hydrogen (secondary N) is 2. The first kappa shape index (κ1) is 20.2. The van der Waals surface area contributed by atoms with Gasteiger partial charge in [-0.15, -0.1) is 0 Å². The Bertz CT molecular complexity index is 973. The molecule has 1 amide bonds. The van der Waals surface area contributed by atoms with Crippen LogP contribution in [0.1, 0.15) is 12.5 Å². The lowest BCUT2D eigenvalue weighted by Crippen LogP contribution is -2.19. The molecule has 0 aliphatic heterocycles. The summed E-state index contributed by atoms with van der Waals surface area (Å²) in [6.45, 7) is 2.41. The van der Waals surface area contributed by atoms with Crippen LogP contribution in [0.4, 0.5) is 0 Å². The lowest BCUT2D eigenvalue weighted by atomic mass is 10.2. The van der Waals surface area contributed by atoms with Gasteiger partial charge in [0.1, 0.15) is 0 Å². The molecular formula is C19H19BrN4O3S. The number of carbonyl (C=O) groups excluding carboxylic acids is 1. The number of methoxy groups -OCH3 is 1. The van der Waals surface area contributed by atoms with E-state index < -0.39 is 0 Å². The number of para-hydroxylation sites is 2. The number of aromatic amines is 1. The summed E-state index contributed by atoms with van der Waals surface area (Å²) >= 11 is 4.77. The SMILES string of the molecule is CCOc1cc(/C=N\NC(=O)CSc2nc3ccccc3[nH]2)cc(Br)c1OC. The van der Waals surface area contributed by atoms with Gasteiger partial charge in [-0.2, -0.15) is 5.10 Å². The first-order valence-electron chi connectivity index (χ1n) is 8.50. The smallest absolute Gasteiger partial charge is 0.250 e. The van der Waals surface area contributed by atoms with Crippen LogP contribution in [0.25, 0.3) is 11.0 Å². The van der Waals surface area contributed by atoms with Gasteiger partial charge in [-0.1, -0.05) is 23.9 Å². The number of imidazole rings is 1. The third-order valence-electron chi connectivity index (χ3n) is 3.65. The molecule has 1 aromatic heterocycles. The number of benzene rings is 2. The highest BCUT2D eigenvalue weighted by molar-refractivity contribution is 9.10. The summed E-state index contributed by atoms with van der Waals surface area (Å²) in [6, 6.07) is 11.4. The maximum Gasteiger partial charge on any atom is 0.250 e. The Balaban J connectivity index is 1.57. The molecule has 0 aliphatic rings. The Morgan fingerprint density at radius 3 is 2.96 bits per heavy atom. The molecule has 2 N–H and O–H groups in total. The number of hydrogen-bond acceptors (Lipinski definition) is 6. The van der Waals surface area contributed by atoms with E-state index in [0.717, 1.165) is 21.1 Å². The largest absolute Gasteiger partial charge is 0.492 e. The highest BCUT2D eigenvalue weighted by atomic mass is 79.9. The van der Waals surface area contributed by atoms with Crippen LogP contribution in [0.3, 0.4) is 0 Å². The van der Waals surface area contributed by atoms with Crippen molar-refractivity contribution < 1.29 is 14.3 Å². The van der Waals surface area contributed by atoms with Crippen LogP contribution in [-0.2, 0) is 4.79 Å². The second-order valence-electron chi connectivity index (χ2n) is 5.61. The van der Waals surface area contributed by atoms with Gasteiger partial charge in [0, 0.05) is 0 Å². The average molecular weight is 463 g/mol.